The number of hydrogen-bond donors (Lipinski definition) is 1. The minimum absolute atomic E-state index is 0.326. The first-order valence-corrected chi connectivity index (χ1v) is 6.24. The van der Waals surface area contributed by atoms with Gasteiger partial charge in [0.1, 0.15) is 10.8 Å². The fourth-order valence-electron chi connectivity index (χ4n) is 1.86. The van der Waals surface area contributed by atoms with E-state index in [1.54, 1.807) is 6.20 Å². The van der Waals surface area contributed by atoms with Gasteiger partial charge in [0, 0.05) is 31.1 Å². The number of nitrogens with zero attached hydrogens (tertiary/aromatic N) is 3. The molecular formula is C13H16N4S. The molecular weight excluding hydrogens is 244 g/mol. The summed E-state index contributed by atoms with van der Waals surface area (Å²) < 4.78 is 2.13. The van der Waals surface area contributed by atoms with Crippen molar-refractivity contribution in [2.45, 2.75) is 26.3 Å². The maximum Gasteiger partial charge on any atom is 0.122 e. The van der Waals surface area contributed by atoms with E-state index in [4.69, 9.17) is 18.0 Å². The van der Waals surface area contributed by atoms with E-state index in [1.165, 1.54) is 0 Å². The molecule has 0 bridgehead atoms. The first-order valence-electron chi connectivity index (χ1n) is 5.83. The van der Waals surface area contributed by atoms with E-state index in [0.29, 0.717) is 16.6 Å². The second-order valence-corrected chi connectivity index (χ2v) is 4.92. The second-order valence-electron chi connectivity index (χ2n) is 4.48. The lowest BCUT2D eigenvalue weighted by atomic mass is 10.2. The Hall–Kier alpha value is -1.75. The van der Waals surface area contributed by atoms with Gasteiger partial charge in [-0.15, -0.1) is 0 Å². The largest absolute Gasteiger partial charge is 0.388 e. The summed E-state index contributed by atoms with van der Waals surface area (Å²) >= 11 is 4.93. The van der Waals surface area contributed by atoms with Crippen LogP contribution in [-0.2, 0) is 6.54 Å². The molecule has 2 heterocycles. The molecule has 94 valence electrons. The Morgan fingerprint density at radius 3 is 2.83 bits per heavy atom. The molecule has 0 spiro atoms. The van der Waals surface area contributed by atoms with Gasteiger partial charge in [-0.3, -0.25) is 4.98 Å². The predicted molar refractivity (Wildman–Crippen MR) is 75.5 cm³/mol. The summed E-state index contributed by atoms with van der Waals surface area (Å²) in [6.07, 6.45) is 5.54. The summed E-state index contributed by atoms with van der Waals surface area (Å²) in [5, 5.41) is 0. The number of aromatic nitrogens is 3. The van der Waals surface area contributed by atoms with Crippen LogP contribution >= 0.6 is 12.2 Å². The molecule has 0 aliphatic rings. The zero-order chi connectivity index (χ0) is 13.1. The lowest BCUT2D eigenvalue weighted by Crippen LogP contribution is -2.12. The molecule has 0 saturated carbocycles. The first-order chi connectivity index (χ1) is 8.58. The van der Waals surface area contributed by atoms with Crippen molar-refractivity contribution in [3.8, 4) is 0 Å². The van der Waals surface area contributed by atoms with Crippen molar-refractivity contribution in [1.29, 1.82) is 0 Å². The normalized spacial score (nSPS) is 10.8. The summed E-state index contributed by atoms with van der Waals surface area (Å²) in [5.41, 5.74) is 7.36. The molecule has 0 aliphatic heterocycles. The summed E-state index contributed by atoms with van der Waals surface area (Å²) in [5.74, 6) is 1.47. The SMILES string of the molecule is CC(C)c1nccn1Cc1ccnc(C(N)=S)c1. The molecule has 5 heteroatoms. The van der Waals surface area contributed by atoms with E-state index in [-0.39, 0.29) is 0 Å². The Balaban J connectivity index is 2.26. The van der Waals surface area contributed by atoms with Gasteiger partial charge in [-0.25, -0.2) is 4.98 Å². The first kappa shape index (κ1) is 12.7. The van der Waals surface area contributed by atoms with Gasteiger partial charge in [-0.1, -0.05) is 26.1 Å². The number of thiocarbonyl (C=S) groups is 1. The molecule has 18 heavy (non-hydrogen) atoms. The standard InChI is InChI=1S/C13H16N4S/c1-9(2)13-16-5-6-17(13)8-10-3-4-15-11(7-10)12(14)18/h3-7,9H,8H2,1-2H3,(H2,14,18). The fraction of sp³-hybridized carbons (Fsp3) is 0.308. The van der Waals surface area contributed by atoms with Crippen LogP contribution in [0.3, 0.4) is 0 Å². The lowest BCUT2D eigenvalue weighted by molar-refractivity contribution is 0.669. The van der Waals surface area contributed by atoms with E-state index in [0.717, 1.165) is 17.9 Å². The van der Waals surface area contributed by atoms with E-state index in [2.05, 4.69) is 28.4 Å². The maximum absolute atomic E-state index is 5.58. The number of rotatable bonds is 4. The van der Waals surface area contributed by atoms with Crippen molar-refractivity contribution in [3.63, 3.8) is 0 Å². The van der Waals surface area contributed by atoms with E-state index in [1.807, 2.05) is 24.5 Å². The zero-order valence-corrected chi connectivity index (χ0v) is 11.3. The molecule has 0 fully saturated rings. The number of hydrogen-bond acceptors (Lipinski definition) is 3. The third-order valence-corrected chi connectivity index (χ3v) is 2.90. The van der Waals surface area contributed by atoms with Crippen LogP contribution in [0.4, 0.5) is 0 Å². The van der Waals surface area contributed by atoms with Gasteiger partial charge in [-0.2, -0.15) is 0 Å². The van der Waals surface area contributed by atoms with E-state index < -0.39 is 0 Å². The molecule has 0 saturated heterocycles. The number of nitrogens with two attached hydrogens (primary N) is 1. The quantitative estimate of drug-likeness (QED) is 0.855. The monoisotopic (exact) mass is 260 g/mol. The molecule has 0 aromatic carbocycles. The Kier molecular flexibility index (Phi) is 3.72. The lowest BCUT2D eigenvalue weighted by Gasteiger charge is -2.10. The molecule has 4 nitrogen and oxygen atoms in total. The highest BCUT2D eigenvalue weighted by atomic mass is 32.1. The van der Waals surface area contributed by atoms with Crippen LogP contribution in [-0.4, -0.2) is 19.5 Å². The molecule has 2 rings (SSSR count). The van der Waals surface area contributed by atoms with Gasteiger partial charge in [0.2, 0.25) is 0 Å². The smallest absolute Gasteiger partial charge is 0.122 e. The van der Waals surface area contributed by atoms with E-state index >= 15 is 0 Å². The van der Waals surface area contributed by atoms with Crippen molar-refractivity contribution in [2.24, 2.45) is 5.73 Å². The highest BCUT2D eigenvalue weighted by Gasteiger charge is 2.08. The zero-order valence-electron chi connectivity index (χ0n) is 10.5. The van der Waals surface area contributed by atoms with Gasteiger partial charge < -0.3 is 10.3 Å². The summed E-state index contributed by atoms with van der Waals surface area (Å²) in [6.45, 7) is 5.02. The van der Waals surface area contributed by atoms with Crippen molar-refractivity contribution in [3.05, 3.63) is 47.8 Å². The molecule has 2 aromatic rings. The highest BCUT2D eigenvalue weighted by molar-refractivity contribution is 7.80. The Morgan fingerprint density at radius 1 is 1.39 bits per heavy atom. The average molecular weight is 260 g/mol. The summed E-state index contributed by atoms with van der Waals surface area (Å²) in [4.78, 5) is 8.83. The number of pyridine rings is 1. The summed E-state index contributed by atoms with van der Waals surface area (Å²) in [6, 6.07) is 3.89. The van der Waals surface area contributed by atoms with Gasteiger partial charge >= 0.3 is 0 Å². The Bertz CT molecular complexity index is 560. The van der Waals surface area contributed by atoms with Crippen LogP contribution in [0.25, 0.3) is 0 Å². The molecule has 0 aliphatic carbocycles. The second kappa shape index (κ2) is 5.27. The minimum Gasteiger partial charge on any atom is -0.388 e. The van der Waals surface area contributed by atoms with Crippen LogP contribution in [0.2, 0.25) is 0 Å². The van der Waals surface area contributed by atoms with Crippen LogP contribution in [0.5, 0.6) is 0 Å². The Morgan fingerprint density at radius 2 is 2.17 bits per heavy atom. The topological polar surface area (TPSA) is 56.7 Å². The van der Waals surface area contributed by atoms with Gasteiger partial charge in [0.15, 0.2) is 0 Å². The third-order valence-electron chi connectivity index (χ3n) is 2.69. The molecule has 0 unspecified atom stereocenters. The molecule has 0 atom stereocenters. The fourth-order valence-corrected chi connectivity index (χ4v) is 1.97. The van der Waals surface area contributed by atoms with Gasteiger partial charge in [0.05, 0.1) is 5.69 Å². The molecule has 0 radical (unpaired) electrons. The van der Waals surface area contributed by atoms with Crippen molar-refractivity contribution in [2.75, 3.05) is 0 Å². The third kappa shape index (κ3) is 2.73. The van der Waals surface area contributed by atoms with Crippen molar-refractivity contribution < 1.29 is 0 Å². The van der Waals surface area contributed by atoms with Gasteiger partial charge in [0.25, 0.3) is 0 Å². The van der Waals surface area contributed by atoms with Crippen LogP contribution in [0.1, 0.15) is 36.8 Å². The maximum atomic E-state index is 5.58. The predicted octanol–water partition coefficient (Wildman–Crippen LogP) is 2.08. The van der Waals surface area contributed by atoms with Crippen molar-refractivity contribution in [1.82, 2.24) is 14.5 Å². The number of imidazole rings is 1. The molecule has 2 N–H and O–H groups in total. The average Bonchev–Trinajstić information content (AvgIpc) is 2.77. The minimum atomic E-state index is 0.326. The van der Waals surface area contributed by atoms with Crippen LogP contribution in [0.15, 0.2) is 30.7 Å². The molecule has 0 amide bonds. The van der Waals surface area contributed by atoms with E-state index in [9.17, 15) is 0 Å². The highest BCUT2D eigenvalue weighted by Crippen LogP contribution is 2.14. The van der Waals surface area contributed by atoms with Crippen molar-refractivity contribution >= 4 is 17.2 Å². The van der Waals surface area contributed by atoms with Crippen LogP contribution in [0, 0.1) is 0 Å². The molecule has 2 aromatic heterocycles. The van der Waals surface area contributed by atoms with Crippen LogP contribution < -0.4 is 5.73 Å². The Labute approximate surface area is 112 Å². The summed E-state index contributed by atoms with van der Waals surface area (Å²) in [7, 11) is 0. The van der Waals surface area contributed by atoms with Gasteiger partial charge in [-0.05, 0) is 17.7 Å².